The number of β-amino-alcohol motifs (C(OH)–C–C–N with tert-alkyl or cyclic N) is 1. The zero-order chi connectivity index (χ0) is 26.2. The molecule has 1 aromatic carbocycles. The van der Waals surface area contributed by atoms with Crippen molar-refractivity contribution in [1.29, 1.82) is 0 Å². The number of carboxylic acid groups (broad SMARTS) is 1. The van der Waals surface area contributed by atoms with Gasteiger partial charge in [-0.15, -0.1) is 0 Å². The fourth-order valence-corrected chi connectivity index (χ4v) is 4.11. The minimum Gasteiger partial charge on any atom is -0.480 e. The Bertz CT molecular complexity index is 1130. The predicted octanol–water partition coefficient (Wildman–Crippen LogP) is 0.938. The van der Waals surface area contributed by atoms with Crippen molar-refractivity contribution < 1.29 is 33.8 Å². The molecule has 6 N–H and O–H groups in total. The summed E-state index contributed by atoms with van der Waals surface area (Å²) in [7, 11) is 0. The van der Waals surface area contributed by atoms with E-state index < -0.39 is 41.9 Å². The second-order valence-corrected chi connectivity index (χ2v) is 8.78. The van der Waals surface area contributed by atoms with Gasteiger partial charge < -0.3 is 35.9 Å². The first kappa shape index (κ1) is 27.2. The highest BCUT2D eigenvalue weighted by atomic mass is 35.5. The number of amides is 3. The standard InChI is InChI=1S/C23H24Cl2N4O7/c24-15-6-12(9-27-19(31)4-3-14-2-1-5-36-14)7-16(25)20(15)22(33)29-18(23(34)35)11-28-21(32)17-8-13(30)10-26-17/h1-7,13,17-18,26,30H,8-11H2,(H,27,31)(H,28,32)(H,29,33)(H,34,35)/b4-3+/t13-,17-,18+/m1/s1. The van der Waals surface area contributed by atoms with E-state index in [2.05, 4.69) is 21.3 Å². The molecule has 2 heterocycles. The van der Waals surface area contributed by atoms with Gasteiger partial charge in [-0.05, 0) is 42.3 Å². The molecule has 1 aromatic heterocycles. The Morgan fingerprint density at radius 1 is 1.19 bits per heavy atom. The van der Waals surface area contributed by atoms with Crippen molar-refractivity contribution in [3.63, 3.8) is 0 Å². The van der Waals surface area contributed by atoms with Crippen molar-refractivity contribution in [3.8, 4) is 0 Å². The van der Waals surface area contributed by atoms with Crippen LogP contribution in [-0.2, 0) is 20.9 Å². The molecule has 1 aliphatic heterocycles. The maximum Gasteiger partial charge on any atom is 0.328 e. The molecule has 3 rings (SSSR count). The molecule has 11 nitrogen and oxygen atoms in total. The van der Waals surface area contributed by atoms with E-state index in [1.165, 1.54) is 30.5 Å². The van der Waals surface area contributed by atoms with Crippen LogP contribution in [0.5, 0.6) is 0 Å². The number of aliphatic carboxylic acids is 1. The summed E-state index contributed by atoms with van der Waals surface area (Å²) >= 11 is 12.5. The van der Waals surface area contributed by atoms with Gasteiger partial charge in [0.25, 0.3) is 5.91 Å². The second kappa shape index (κ2) is 12.5. The summed E-state index contributed by atoms with van der Waals surface area (Å²) in [6.45, 7) is -0.0646. The van der Waals surface area contributed by atoms with Crippen molar-refractivity contribution in [2.24, 2.45) is 0 Å². The average Bonchev–Trinajstić information content (AvgIpc) is 3.50. The lowest BCUT2D eigenvalue weighted by molar-refractivity contribution is -0.139. The van der Waals surface area contributed by atoms with Gasteiger partial charge in [-0.2, -0.15) is 0 Å². The predicted molar refractivity (Wildman–Crippen MR) is 130 cm³/mol. The van der Waals surface area contributed by atoms with Crippen LogP contribution in [0, 0.1) is 0 Å². The number of rotatable bonds is 10. The number of benzene rings is 1. The molecule has 3 atom stereocenters. The van der Waals surface area contributed by atoms with E-state index in [0.717, 1.165) is 0 Å². The molecule has 1 saturated heterocycles. The van der Waals surface area contributed by atoms with Gasteiger partial charge in [-0.25, -0.2) is 4.79 Å². The highest BCUT2D eigenvalue weighted by molar-refractivity contribution is 6.39. The second-order valence-electron chi connectivity index (χ2n) is 7.96. The molecule has 36 heavy (non-hydrogen) atoms. The lowest BCUT2D eigenvalue weighted by Crippen LogP contribution is -2.51. The Kier molecular flexibility index (Phi) is 9.48. The highest BCUT2D eigenvalue weighted by Gasteiger charge is 2.30. The Morgan fingerprint density at radius 2 is 1.92 bits per heavy atom. The van der Waals surface area contributed by atoms with Crippen molar-refractivity contribution >= 4 is 53.0 Å². The number of halogens is 2. The quantitative estimate of drug-likeness (QED) is 0.242. The number of carbonyl (C=O) groups is 4. The summed E-state index contributed by atoms with van der Waals surface area (Å²) in [5.41, 5.74) is 0.360. The molecule has 2 aromatic rings. The molecule has 0 bridgehead atoms. The SMILES string of the molecule is O=C(/C=C/c1ccco1)NCc1cc(Cl)c(C(=O)N[C@@H](CNC(=O)[C@H]2C[C@@H](O)CN2)C(=O)O)c(Cl)c1. The topological polar surface area (TPSA) is 170 Å². The minimum atomic E-state index is -1.46. The third-order valence-corrected chi connectivity index (χ3v) is 5.84. The smallest absolute Gasteiger partial charge is 0.328 e. The Hall–Kier alpha value is -3.38. The van der Waals surface area contributed by atoms with Crippen LogP contribution in [0.4, 0.5) is 0 Å². The maximum atomic E-state index is 12.7. The van der Waals surface area contributed by atoms with Crippen molar-refractivity contribution in [2.75, 3.05) is 13.1 Å². The van der Waals surface area contributed by atoms with E-state index >= 15 is 0 Å². The molecular formula is C23H24Cl2N4O7. The van der Waals surface area contributed by atoms with Crippen LogP contribution in [0.1, 0.15) is 28.1 Å². The van der Waals surface area contributed by atoms with Crippen molar-refractivity contribution in [3.05, 3.63) is 63.5 Å². The first-order chi connectivity index (χ1) is 17.1. The number of nitrogens with one attached hydrogen (secondary N) is 4. The summed E-state index contributed by atoms with van der Waals surface area (Å²) in [4.78, 5) is 48.5. The number of furan rings is 1. The molecule has 192 valence electrons. The van der Waals surface area contributed by atoms with Gasteiger partial charge in [-0.3, -0.25) is 14.4 Å². The van der Waals surface area contributed by atoms with Crippen LogP contribution in [0.2, 0.25) is 10.0 Å². The van der Waals surface area contributed by atoms with Crippen LogP contribution in [-0.4, -0.2) is 65.2 Å². The zero-order valence-corrected chi connectivity index (χ0v) is 20.3. The molecule has 0 saturated carbocycles. The van der Waals surface area contributed by atoms with Gasteiger partial charge in [-0.1, -0.05) is 23.2 Å². The fourth-order valence-electron chi connectivity index (χ4n) is 3.41. The monoisotopic (exact) mass is 538 g/mol. The van der Waals surface area contributed by atoms with E-state index in [-0.39, 0.29) is 41.7 Å². The number of aliphatic hydroxyl groups excluding tert-OH is 1. The Labute approximate surface area is 215 Å². The summed E-state index contributed by atoms with van der Waals surface area (Å²) in [5.74, 6) is -2.60. The van der Waals surface area contributed by atoms with E-state index in [0.29, 0.717) is 11.3 Å². The Morgan fingerprint density at radius 3 is 2.50 bits per heavy atom. The highest BCUT2D eigenvalue weighted by Crippen LogP contribution is 2.27. The molecule has 13 heteroatoms. The van der Waals surface area contributed by atoms with Gasteiger partial charge >= 0.3 is 5.97 Å². The summed E-state index contributed by atoms with van der Waals surface area (Å²) in [6, 6.07) is 4.12. The molecule has 0 unspecified atom stereocenters. The van der Waals surface area contributed by atoms with E-state index in [9.17, 15) is 29.4 Å². The average molecular weight is 539 g/mol. The maximum absolute atomic E-state index is 12.7. The number of carbonyl (C=O) groups excluding carboxylic acids is 3. The first-order valence-corrected chi connectivity index (χ1v) is 11.6. The van der Waals surface area contributed by atoms with E-state index in [1.54, 1.807) is 12.1 Å². The summed E-state index contributed by atoms with van der Waals surface area (Å²) in [5, 5.41) is 29.1. The normalized spacial score (nSPS) is 18.1. The van der Waals surface area contributed by atoms with Gasteiger partial charge in [0.1, 0.15) is 11.8 Å². The first-order valence-electron chi connectivity index (χ1n) is 10.8. The molecule has 3 amide bonds. The molecule has 0 spiro atoms. The van der Waals surface area contributed by atoms with Crippen molar-refractivity contribution in [1.82, 2.24) is 21.3 Å². The Balaban J connectivity index is 1.57. The number of hydrogen-bond acceptors (Lipinski definition) is 7. The van der Waals surface area contributed by atoms with E-state index in [1.807, 2.05) is 0 Å². The summed E-state index contributed by atoms with van der Waals surface area (Å²) < 4.78 is 5.10. The largest absolute Gasteiger partial charge is 0.480 e. The number of aliphatic hydroxyl groups is 1. The van der Waals surface area contributed by atoms with E-state index in [4.69, 9.17) is 27.6 Å². The lowest BCUT2D eigenvalue weighted by Gasteiger charge is -2.18. The van der Waals surface area contributed by atoms with Gasteiger partial charge in [0, 0.05) is 25.7 Å². The summed E-state index contributed by atoms with van der Waals surface area (Å²) in [6.07, 6.45) is 3.81. The molecular weight excluding hydrogens is 515 g/mol. The van der Waals surface area contributed by atoms with Crippen LogP contribution in [0.3, 0.4) is 0 Å². The lowest BCUT2D eigenvalue weighted by atomic mass is 10.1. The molecule has 1 fully saturated rings. The number of hydrogen-bond donors (Lipinski definition) is 6. The minimum absolute atomic E-state index is 0.0484. The fraction of sp³-hybridized carbons (Fsp3) is 0.304. The van der Waals surface area contributed by atoms with Gasteiger partial charge in [0.15, 0.2) is 0 Å². The van der Waals surface area contributed by atoms with Crippen LogP contribution in [0.15, 0.2) is 41.0 Å². The third kappa shape index (κ3) is 7.56. The van der Waals surface area contributed by atoms with Crippen molar-refractivity contribution in [2.45, 2.75) is 31.2 Å². The van der Waals surface area contributed by atoms with Gasteiger partial charge in [0.05, 0.1) is 34.0 Å². The molecule has 1 aliphatic rings. The van der Waals surface area contributed by atoms with Crippen LogP contribution in [0.25, 0.3) is 6.08 Å². The van der Waals surface area contributed by atoms with Gasteiger partial charge in [0.2, 0.25) is 11.8 Å². The molecule has 0 aliphatic carbocycles. The van der Waals surface area contributed by atoms with Crippen LogP contribution < -0.4 is 21.3 Å². The zero-order valence-electron chi connectivity index (χ0n) is 18.8. The third-order valence-electron chi connectivity index (χ3n) is 5.25. The van der Waals surface area contributed by atoms with Crippen LogP contribution >= 0.6 is 23.2 Å². The molecule has 0 radical (unpaired) electrons. The number of carboxylic acids is 1.